The molecule has 1 nitrogen and oxygen atoms in total. The minimum Gasteiger partial charge on any atom is -0.311 e. The maximum atomic E-state index is 12.8. The first-order valence-electron chi connectivity index (χ1n) is 5.12. The molecule has 0 amide bonds. The zero-order valence-corrected chi connectivity index (χ0v) is 8.08. The summed E-state index contributed by atoms with van der Waals surface area (Å²) in [7, 11) is 0. The average Bonchev–Trinajstić information content (AvgIpc) is 2.65. The molecule has 0 spiro atoms. The van der Waals surface area contributed by atoms with Crippen LogP contribution in [0.15, 0.2) is 0 Å². The minimum absolute atomic E-state index is 0.0933. The van der Waals surface area contributed by atoms with E-state index in [1.807, 2.05) is 0 Å². The quantitative estimate of drug-likeness (QED) is 0.719. The predicted molar refractivity (Wildman–Crippen MR) is 47.9 cm³/mol. The number of hydrogen-bond donors (Lipinski definition) is 1. The molecule has 2 aliphatic rings. The molecular formula is C10H17F2N. The van der Waals surface area contributed by atoms with E-state index in [0.29, 0.717) is 6.42 Å². The van der Waals surface area contributed by atoms with Crippen molar-refractivity contribution in [1.29, 1.82) is 0 Å². The second kappa shape index (κ2) is 2.91. The molecule has 2 aliphatic carbocycles. The van der Waals surface area contributed by atoms with Crippen molar-refractivity contribution >= 4 is 0 Å². The lowest BCUT2D eigenvalue weighted by Gasteiger charge is -2.15. The summed E-state index contributed by atoms with van der Waals surface area (Å²) in [6, 6.07) is 0. The molecular weight excluding hydrogens is 172 g/mol. The Hall–Kier alpha value is -0.180. The van der Waals surface area contributed by atoms with E-state index >= 15 is 0 Å². The van der Waals surface area contributed by atoms with Gasteiger partial charge >= 0.3 is 0 Å². The number of nitrogens with one attached hydrogen (secondary N) is 1. The van der Waals surface area contributed by atoms with Crippen LogP contribution in [0.25, 0.3) is 0 Å². The summed E-state index contributed by atoms with van der Waals surface area (Å²) in [5.74, 6) is -2.18. The van der Waals surface area contributed by atoms with E-state index in [4.69, 9.17) is 0 Å². The number of rotatable bonds is 3. The topological polar surface area (TPSA) is 12.0 Å². The van der Waals surface area contributed by atoms with Crippen molar-refractivity contribution in [3.05, 3.63) is 0 Å². The Morgan fingerprint density at radius 3 is 2.46 bits per heavy atom. The summed E-state index contributed by atoms with van der Waals surface area (Å²) < 4.78 is 25.6. The van der Waals surface area contributed by atoms with Gasteiger partial charge in [-0.1, -0.05) is 0 Å². The number of halogens is 2. The van der Waals surface area contributed by atoms with Crippen molar-refractivity contribution in [1.82, 2.24) is 5.32 Å². The van der Waals surface area contributed by atoms with Crippen molar-refractivity contribution in [2.75, 3.05) is 6.54 Å². The van der Waals surface area contributed by atoms with Crippen molar-refractivity contribution in [2.45, 2.75) is 50.5 Å². The van der Waals surface area contributed by atoms with Gasteiger partial charge in [-0.2, -0.15) is 0 Å². The fraction of sp³-hybridized carbons (Fsp3) is 1.00. The maximum Gasteiger partial charge on any atom is 0.248 e. The first-order chi connectivity index (χ1) is 5.99. The van der Waals surface area contributed by atoms with Gasteiger partial charge in [0.1, 0.15) is 0 Å². The van der Waals surface area contributed by atoms with Gasteiger partial charge in [-0.25, -0.2) is 8.78 Å². The highest BCUT2D eigenvalue weighted by Gasteiger charge is 2.41. The predicted octanol–water partition coefficient (Wildman–Crippen LogP) is 2.56. The van der Waals surface area contributed by atoms with Gasteiger partial charge in [0.15, 0.2) is 0 Å². The zero-order chi connectivity index (χ0) is 9.53. The fourth-order valence-corrected chi connectivity index (χ4v) is 1.97. The van der Waals surface area contributed by atoms with Gasteiger partial charge in [0.2, 0.25) is 5.92 Å². The third kappa shape index (κ3) is 2.39. The first-order valence-corrected chi connectivity index (χ1v) is 5.12. The molecule has 2 rings (SSSR count). The van der Waals surface area contributed by atoms with Crippen LogP contribution in [0.4, 0.5) is 8.78 Å². The lowest BCUT2D eigenvalue weighted by molar-refractivity contribution is 0.00496. The van der Waals surface area contributed by atoms with Crippen molar-refractivity contribution < 1.29 is 8.78 Å². The summed E-state index contributed by atoms with van der Waals surface area (Å²) in [6.07, 6.45) is 3.29. The molecule has 2 saturated carbocycles. The molecule has 2 fully saturated rings. The maximum absolute atomic E-state index is 12.8. The lowest BCUT2D eigenvalue weighted by Crippen LogP contribution is -2.32. The average molecular weight is 189 g/mol. The van der Waals surface area contributed by atoms with Crippen LogP contribution in [0.2, 0.25) is 0 Å². The molecule has 0 heterocycles. The van der Waals surface area contributed by atoms with E-state index in [1.54, 1.807) is 0 Å². The largest absolute Gasteiger partial charge is 0.311 e. The molecule has 3 heteroatoms. The Morgan fingerprint density at radius 1 is 1.31 bits per heavy atom. The molecule has 0 bridgehead atoms. The summed E-state index contributed by atoms with van der Waals surface area (Å²) >= 11 is 0. The highest BCUT2D eigenvalue weighted by atomic mass is 19.3. The molecule has 0 aliphatic heterocycles. The highest BCUT2D eigenvalue weighted by molar-refractivity contribution is 4.98. The molecule has 0 saturated heterocycles. The number of hydrogen-bond acceptors (Lipinski definition) is 1. The van der Waals surface area contributed by atoms with E-state index in [-0.39, 0.29) is 24.3 Å². The molecule has 1 atom stereocenters. The standard InChI is InChI=1S/C10H17F2N/c1-9(4-5-9)13-7-8-2-3-10(11,12)6-8/h8,13H,2-7H2,1H3. The number of alkyl halides is 2. The molecule has 13 heavy (non-hydrogen) atoms. The van der Waals surface area contributed by atoms with E-state index < -0.39 is 5.92 Å². The van der Waals surface area contributed by atoms with Gasteiger partial charge < -0.3 is 5.32 Å². The summed E-state index contributed by atoms with van der Waals surface area (Å²) in [5.41, 5.74) is 0.290. The second-order valence-electron chi connectivity index (χ2n) is 4.91. The first kappa shape index (κ1) is 9.38. The van der Waals surface area contributed by atoms with E-state index in [2.05, 4.69) is 12.2 Å². The zero-order valence-electron chi connectivity index (χ0n) is 8.08. The molecule has 0 aromatic rings. The van der Waals surface area contributed by atoms with Crippen LogP contribution in [-0.2, 0) is 0 Å². The minimum atomic E-state index is -2.38. The Balaban J connectivity index is 1.72. The van der Waals surface area contributed by atoms with Gasteiger partial charge in [-0.3, -0.25) is 0 Å². The normalized spacial score (nSPS) is 34.8. The van der Waals surface area contributed by atoms with Crippen LogP contribution in [0.1, 0.15) is 39.0 Å². The van der Waals surface area contributed by atoms with E-state index in [0.717, 1.165) is 6.54 Å². The van der Waals surface area contributed by atoms with Gasteiger partial charge in [0, 0.05) is 18.4 Å². The SMILES string of the molecule is CC1(NCC2CCC(F)(F)C2)CC1. The van der Waals surface area contributed by atoms with Crippen LogP contribution < -0.4 is 5.32 Å². The van der Waals surface area contributed by atoms with Gasteiger partial charge in [0.25, 0.3) is 0 Å². The summed E-state index contributed by atoms with van der Waals surface area (Å²) in [5, 5.41) is 3.38. The van der Waals surface area contributed by atoms with E-state index in [1.165, 1.54) is 12.8 Å². The van der Waals surface area contributed by atoms with Crippen LogP contribution >= 0.6 is 0 Å². The Bertz CT molecular complexity index is 199. The molecule has 76 valence electrons. The van der Waals surface area contributed by atoms with Crippen molar-refractivity contribution in [3.8, 4) is 0 Å². The third-order valence-corrected chi connectivity index (χ3v) is 3.32. The molecule has 0 radical (unpaired) electrons. The van der Waals surface area contributed by atoms with Gasteiger partial charge in [-0.05, 0) is 38.6 Å². The van der Waals surface area contributed by atoms with Crippen LogP contribution in [0.3, 0.4) is 0 Å². The Morgan fingerprint density at radius 2 is 2.00 bits per heavy atom. The van der Waals surface area contributed by atoms with Gasteiger partial charge in [0.05, 0.1) is 0 Å². The van der Waals surface area contributed by atoms with Gasteiger partial charge in [-0.15, -0.1) is 0 Å². The smallest absolute Gasteiger partial charge is 0.248 e. The molecule has 0 aromatic heterocycles. The van der Waals surface area contributed by atoms with Crippen molar-refractivity contribution in [3.63, 3.8) is 0 Å². The molecule has 0 aromatic carbocycles. The van der Waals surface area contributed by atoms with E-state index in [9.17, 15) is 8.78 Å². The van der Waals surface area contributed by atoms with Crippen molar-refractivity contribution in [2.24, 2.45) is 5.92 Å². The Labute approximate surface area is 77.9 Å². The molecule has 1 unspecified atom stereocenters. The fourth-order valence-electron chi connectivity index (χ4n) is 1.97. The second-order valence-corrected chi connectivity index (χ2v) is 4.91. The van der Waals surface area contributed by atoms with Crippen LogP contribution in [0, 0.1) is 5.92 Å². The summed E-state index contributed by atoms with van der Waals surface area (Å²) in [6.45, 7) is 2.95. The van der Waals surface area contributed by atoms with Crippen LogP contribution in [-0.4, -0.2) is 18.0 Å². The monoisotopic (exact) mass is 189 g/mol. The summed E-state index contributed by atoms with van der Waals surface area (Å²) in [4.78, 5) is 0. The Kier molecular flexibility index (Phi) is 2.10. The highest BCUT2D eigenvalue weighted by Crippen LogP contribution is 2.40. The lowest BCUT2D eigenvalue weighted by atomic mass is 10.1. The third-order valence-electron chi connectivity index (χ3n) is 3.32. The van der Waals surface area contributed by atoms with Crippen LogP contribution in [0.5, 0.6) is 0 Å². The molecule has 1 N–H and O–H groups in total.